The van der Waals surface area contributed by atoms with Crippen molar-refractivity contribution in [2.75, 3.05) is 6.61 Å². The quantitative estimate of drug-likeness (QED) is 0.0423. The van der Waals surface area contributed by atoms with Crippen LogP contribution in [0.1, 0.15) is 309 Å². The Morgan fingerprint density at radius 2 is 0.655 bits per heavy atom. The van der Waals surface area contributed by atoms with Crippen molar-refractivity contribution in [3.8, 4) is 0 Å². The van der Waals surface area contributed by atoms with Crippen molar-refractivity contribution >= 4 is 5.91 Å². The molecule has 3 N–H and O–H groups in total. The third-order valence-corrected chi connectivity index (χ3v) is 12.8. The molecule has 0 radical (unpaired) electrons. The second-order valence-corrected chi connectivity index (χ2v) is 18.7. The van der Waals surface area contributed by atoms with Crippen LogP contribution in [0, 0.1) is 0 Å². The van der Waals surface area contributed by atoms with E-state index < -0.39 is 12.1 Å². The van der Waals surface area contributed by atoms with Crippen LogP contribution in [0.15, 0.2) is 12.2 Å². The van der Waals surface area contributed by atoms with Crippen LogP contribution in [0.25, 0.3) is 0 Å². The summed E-state index contributed by atoms with van der Waals surface area (Å²) in [7, 11) is 0. The molecule has 2 unspecified atom stereocenters. The van der Waals surface area contributed by atoms with Crippen LogP contribution in [-0.2, 0) is 4.79 Å². The predicted octanol–water partition coefficient (Wildman–Crippen LogP) is 17.4. The molecular weight excluding hydrogens is 711 g/mol. The molecule has 0 aromatic carbocycles. The Morgan fingerprint density at radius 1 is 0.397 bits per heavy atom. The lowest BCUT2D eigenvalue weighted by Gasteiger charge is -2.22. The molecule has 0 aliphatic heterocycles. The third kappa shape index (κ3) is 46.2. The Hall–Kier alpha value is -0.870. The van der Waals surface area contributed by atoms with Crippen molar-refractivity contribution in [1.82, 2.24) is 5.32 Å². The van der Waals surface area contributed by atoms with E-state index in [1.54, 1.807) is 0 Å². The van der Waals surface area contributed by atoms with E-state index in [1.807, 2.05) is 0 Å². The fourth-order valence-corrected chi connectivity index (χ4v) is 8.65. The highest BCUT2D eigenvalue weighted by molar-refractivity contribution is 5.76. The minimum atomic E-state index is -0.656. The number of hydrogen-bond donors (Lipinski definition) is 3. The number of nitrogens with one attached hydrogen (secondary N) is 1. The summed E-state index contributed by atoms with van der Waals surface area (Å²) in [6.07, 6.45) is 64.7. The van der Waals surface area contributed by atoms with E-state index in [1.165, 1.54) is 257 Å². The number of carbonyl (C=O) groups excluding carboxylic acids is 1. The first kappa shape index (κ1) is 57.1. The lowest BCUT2D eigenvalue weighted by Crippen LogP contribution is -2.45. The first-order valence-corrected chi connectivity index (χ1v) is 26.9. The van der Waals surface area contributed by atoms with Gasteiger partial charge in [-0.2, -0.15) is 0 Å². The molecule has 0 aliphatic rings. The average molecular weight is 818 g/mol. The number of aliphatic hydroxyl groups is 2. The SMILES string of the molecule is CCCCCCCCCCCCCC/C=C\CCCCCCCCCCCCCCCC(=O)NC(CO)C(O)CCCCCCCCCCCCCCCCCCC. The van der Waals surface area contributed by atoms with E-state index in [9.17, 15) is 15.0 Å². The first-order chi connectivity index (χ1) is 28.7. The van der Waals surface area contributed by atoms with Crippen LogP contribution in [0.3, 0.4) is 0 Å². The lowest BCUT2D eigenvalue weighted by atomic mass is 10.0. The summed E-state index contributed by atoms with van der Waals surface area (Å²) < 4.78 is 0. The van der Waals surface area contributed by atoms with Gasteiger partial charge in [0, 0.05) is 6.42 Å². The fraction of sp³-hybridized carbons (Fsp3) is 0.944. The average Bonchev–Trinajstić information content (AvgIpc) is 3.23. The van der Waals surface area contributed by atoms with Crippen LogP contribution in [-0.4, -0.2) is 34.9 Å². The number of amides is 1. The minimum Gasteiger partial charge on any atom is -0.394 e. The molecule has 0 aromatic rings. The van der Waals surface area contributed by atoms with E-state index in [0.717, 1.165) is 25.7 Å². The minimum absolute atomic E-state index is 0.0259. The predicted molar refractivity (Wildman–Crippen MR) is 258 cm³/mol. The van der Waals surface area contributed by atoms with Crippen LogP contribution >= 0.6 is 0 Å². The Labute approximate surface area is 365 Å². The van der Waals surface area contributed by atoms with Crippen LogP contribution in [0.5, 0.6) is 0 Å². The van der Waals surface area contributed by atoms with Gasteiger partial charge in [-0.15, -0.1) is 0 Å². The number of allylic oxidation sites excluding steroid dienone is 2. The third-order valence-electron chi connectivity index (χ3n) is 12.8. The Balaban J connectivity index is 3.42. The maximum atomic E-state index is 12.5. The molecule has 0 spiro atoms. The molecule has 4 nitrogen and oxygen atoms in total. The van der Waals surface area contributed by atoms with E-state index in [0.29, 0.717) is 12.8 Å². The molecule has 0 fully saturated rings. The van der Waals surface area contributed by atoms with Crippen LogP contribution < -0.4 is 5.32 Å². The first-order valence-electron chi connectivity index (χ1n) is 26.9. The van der Waals surface area contributed by atoms with Gasteiger partial charge in [-0.05, 0) is 38.5 Å². The highest BCUT2D eigenvalue weighted by Crippen LogP contribution is 2.17. The maximum Gasteiger partial charge on any atom is 0.220 e. The molecule has 0 aliphatic carbocycles. The van der Waals surface area contributed by atoms with E-state index in [-0.39, 0.29) is 12.5 Å². The molecule has 0 rings (SSSR count). The zero-order chi connectivity index (χ0) is 42.1. The molecule has 4 heteroatoms. The van der Waals surface area contributed by atoms with Gasteiger partial charge >= 0.3 is 0 Å². The van der Waals surface area contributed by atoms with Gasteiger partial charge in [0.15, 0.2) is 0 Å². The summed E-state index contributed by atoms with van der Waals surface area (Å²) in [5.74, 6) is -0.0259. The Kier molecular flexibility index (Phi) is 49.7. The van der Waals surface area contributed by atoms with Gasteiger partial charge in [-0.3, -0.25) is 4.79 Å². The second kappa shape index (κ2) is 50.5. The zero-order valence-corrected chi connectivity index (χ0v) is 39.8. The monoisotopic (exact) mass is 818 g/mol. The van der Waals surface area contributed by atoms with E-state index in [4.69, 9.17) is 0 Å². The highest BCUT2D eigenvalue weighted by Gasteiger charge is 2.20. The molecule has 0 heterocycles. The molecule has 58 heavy (non-hydrogen) atoms. The van der Waals surface area contributed by atoms with E-state index >= 15 is 0 Å². The molecule has 0 bridgehead atoms. The van der Waals surface area contributed by atoms with Crippen molar-refractivity contribution in [1.29, 1.82) is 0 Å². The zero-order valence-electron chi connectivity index (χ0n) is 39.8. The number of hydrogen-bond acceptors (Lipinski definition) is 3. The maximum absolute atomic E-state index is 12.5. The summed E-state index contributed by atoms with van der Waals surface area (Å²) in [4.78, 5) is 12.5. The summed E-state index contributed by atoms with van der Waals surface area (Å²) >= 11 is 0. The second-order valence-electron chi connectivity index (χ2n) is 18.7. The number of carbonyl (C=O) groups is 1. The van der Waals surface area contributed by atoms with Crippen molar-refractivity contribution in [3.05, 3.63) is 12.2 Å². The van der Waals surface area contributed by atoms with Gasteiger partial charge in [0.05, 0.1) is 18.8 Å². The van der Waals surface area contributed by atoms with Crippen molar-refractivity contribution in [2.45, 2.75) is 321 Å². The summed E-state index contributed by atoms with van der Waals surface area (Å²) in [6.45, 7) is 4.39. The van der Waals surface area contributed by atoms with Gasteiger partial charge in [0.1, 0.15) is 0 Å². The van der Waals surface area contributed by atoms with Gasteiger partial charge in [0.2, 0.25) is 5.91 Å². The number of unbranched alkanes of at least 4 members (excludes halogenated alkanes) is 41. The topological polar surface area (TPSA) is 69.6 Å². The fourth-order valence-electron chi connectivity index (χ4n) is 8.65. The van der Waals surface area contributed by atoms with Crippen molar-refractivity contribution in [3.63, 3.8) is 0 Å². The van der Waals surface area contributed by atoms with E-state index in [2.05, 4.69) is 31.3 Å². The molecule has 0 saturated heterocycles. The van der Waals surface area contributed by atoms with Gasteiger partial charge < -0.3 is 15.5 Å². The number of aliphatic hydroxyl groups excluding tert-OH is 2. The van der Waals surface area contributed by atoms with Crippen LogP contribution in [0.2, 0.25) is 0 Å². The van der Waals surface area contributed by atoms with Gasteiger partial charge in [-0.1, -0.05) is 276 Å². The molecule has 0 aromatic heterocycles. The summed E-state index contributed by atoms with van der Waals surface area (Å²) in [5.41, 5.74) is 0. The molecule has 0 saturated carbocycles. The molecule has 346 valence electrons. The molecule has 1 amide bonds. The smallest absolute Gasteiger partial charge is 0.220 e. The van der Waals surface area contributed by atoms with Crippen LogP contribution in [0.4, 0.5) is 0 Å². The Bertz CT molecular complexity index is 799. The molecule has 2 atom stereocenters. The van der Waals surface area contributed by atoms with Crippen molar-refractivity contribution < 1.29 is 15.0 Å². The highest BCUT2D eigenvalue weighted by atomic mass is 16.3. The largest absolute Gasteiger partial charge is 0.394 e. The van der Waals surface area contributed by atoms with Gasteiger partial charge in [0.25, 0.3) is 0 Å². The van der Waals surface area contributed by atoms with Crippen molar-refractivity contribution in [2.24, 2.45) is 0 Å². The summed E-state index contributed by atoms with van der Waals surface area (Å²) in [5, 5.41) is 23.3. The number of rotatable bonds is 50. The lowest BCUT2D eigenvalue weighted by molar-refractivity contribution is -0.123. The summed E-state index contributed by atoms with van der Waals surface area (Å²) in [6, 6.07) is -0.533. The normalized spacial score (nSPS) is 12.8. The van der Waals surface area contributed by atoms with Gasteiger partial charge in [-0.25, -0.2) is 0 Å². The molecular formula is C54H107NO3. The Morgan fingerprint density at radius 3 is 0.948 bits per heavy atom. The standard InChI is InChI=1S/C54H107NO3/c1-3-5-7-9-11-13-15-17-19-21-22-23-24-25-26-27-28-29-30-31-32-34-36-38-40-42-44-46-48-50-54(58)55-52(51-56)53(57)49-47-45-43-41-39-37-35-33-20-18-16-14-12-10-8-6-4-2/h25-26,52-53,56-57H,3-24,27-51H2,1-2H3,(H,55,58)/b26-25-.